The Morgan fingerprint density at radius 1 is 1.15 bits per heavy atom. The third-order valence-electron chi connectivity index (χ3n) is 5.13. The van der Waals surface area contributed by atoms with Gasteiger partial charge in [-0.2, -0.15) is 0 Å². The molecule has 20 heavy (non-hydrogen) atoms. The van der Waals surface area contributed by atoms with Gasteiger partial charge in [0.15, 0.2) is 0 Å². The lowest BCUT2D eigenvalue weighted by Crippen LogP contribution is -2.47. The highest BCUT2D eigenvalue weighted by Crippen LogP contribution is 2.42. The van der Waals surface area contributed by atoms with Crippen molar-refractivity contribution in [3.8, 4) is 0 Å². The summed E-state index contributed by atoms with van der Waals surface area (Å²) in [5, 5.41) is 10.6. The molecule has 2 rings (SSSR count). The number of hydrogen-bond acceptors (Lipinski definition) is 4. The molecular weight excluding hydrogens is 252 g/mol. The fourth-order valence-corrected chi connectivity index (χ4v) is 3.94. The number of nitrogens with zero attached hydrogens (tertiary/aromatic N) is 2. The summed E-state index contributed by atoms with van der Waals surface area (Å²) in [4.78, 5) is 4.94. The second-order valence-electron chi connectivity index (χ2n) is 7.82. The molecule has 2 heterocycles. The number of ether oxygens (including phenoxy) is 1. The molecule has 2 aliphatic rings. The molecule has 0 spiro atoms. The van der Waals surface area contributed by atoms with E-state index in [9.17, 15) is 5.11 Å². The smallest absolute Gasteiger partial charge is 0.0896 e. The normalized spacial score (nSPS) is 38.9. The predicted octanol–water partition coefficient (Wildman–Crippen LogP) is 1.58. The molecule has 2 fully saturated rings. The fraction of sp³-hybridized carbons (Fsp3) is 1.00. The molecule has 0 bridgehead atoms. The molecule has 0 aromatic rings. The van der Waals surface area contributed by atoms with E-state index in [0.717, 1.165) is 19.6 Å². The van der Waals surface area contributed by atoms with Crippen molar-refractivity contribution in [3.05, 3.63) is 0 Å². The molecule has 0 amide bonds. The van der Waals surface area contributed by atoms with Gasteiger partial charge in [0.25, 0.3) is 0 Å². The SMILES string of the molecule is CC1CN(C)CCCN1CC1C(O)C(C)(C)OC1(C)C. The van der Waals surface area contributed by atoms with Crippen LogP contribution in [0.4, 0.5) is 0 Å². The van der Waals surface area contributed by atoms with E-state index in [-0.39, 0.29) is 11.5 Å². The molecular formula is C16H32N2O2. The second kappa shape index (κ2) is 5.56. The summed E-state index contributed by atoms with van der Waals surface area (Å²) in [6.45, 7) is 14.8. The van der Waals surface area contributed by atoms with E-state index in [1.165, 1.54) is 13.0 Å². The lowest BCUT2D eigenvalue weighted by atomic mass is 9.84. The van der Waals surface area contributed by atoms with Crippen LogP contribution >= 0.6 is 0 Å². The third kappa shape index (κ3) is 3.19. The Bertz CT molecular complexity index is 343. The van der Waals surface area contributed by atoms with Crippen LogP contribution in [0.1, 0.15) is 41.0 Å². The zero-order valence-electron chi connectivity index (χ0n) is 14.0. The fourth-order valence-electron chi connectivity index (χ4n) is 3.94. The molecule has 3 unspecified atom stereocenters. The highest BCUT2D eigenvalue weighted by molar-refractivity contribution is 5.02. The first-order valence-corrected chi connectivity index (χ1v) is 7.94. The summed E-state index contributed by atoms with van der Waals surface area (Å²) < 4.78 is 6.10. The highest BCUT2D eigenvalue weighted by atomic mass is 16.5. The van der Waals surface area contributed by atoms with Crippen LogP contribution in [-0.2, 0) is 4.74 Å². The maximum Gasteiger partial charge on any atom is 0.0896 e. The van der Waals surface area contributed by atoms with Crippen molar-refractivity contribution in [3.63, 3.8) is 0 Å². The first-order chi connectivity index (χ1) is 9.13. The molecule has 0 saturated carbocycles. The van der Waals surface area contributed by atoms with E-state index < -0.39 is 11.7 Å². The summed E-state index contributed by atoms with van der Waals surface area (Å²) in [5.74, 6) is 0.170. The average molecular weight is 284 g/mol. The minimum Gasteiger partial charge on any atom is -0.390 e. The topological polar surface area (TPSA) is 35.9 Å². The highest BCUT2D eigenvalue weighted by Gasteiger charge is 2.53. The number of rotatable bonds is 2. The van der Waals surface area contributed by atoms with E-state index >= 15 is 0 Å². The predicted molar refractivity (Wildman–Crippen MR) is 81.9 cm³/mol. The van der Waals surface area contributed by atoms with Gasteiger partial charge in [0, 0.05) is 25.0 Å². The van der Waals surface area contributed by atoms with Crippen LogP contribution in [-0.4, -0.2) is 71.5 Å². The van der Waals surface area contributed by atoms with E-state index in [4.69, 9.17) is 4.74 Å². The Morgan fingerprint density at radius 3 is 2.35 bits per heavy atom. The van der Waals surface area contributed by atoms with Gasteiger partial charge in [-0.3, -0.25) is 4.90 Å². The van der Waals surface area contributed by atoms with Gasteiger partial charge in [0.2, 0.25) is 0 Å². The van der Waals surface area contributed by atoms with Gasteiger partial charge in [-0.05, 0) is 61.2 Å². The Morgan fingerprint density at radius 2 is 1.80 bits per heavy atom. The van der Waals surface area contributed by atoms with Gasteiger partial charge in [0.05, 0.1) is 17.3 Å². The molecule has 0 aromatic heterocycles. The van der Waals surface area contributed by atoms with E-state index in [1.807, 2.05) is 13.8 Å². The summed E-state index contributed by atoms with van der Waals surface area (Å²) >= 11 is 0. The molecule has 0 aromatic carbocycles. The van der Waals surface area contributed by atoms with Crippen LogP contribution < -0.4 is 0 Å². The number of aliphatic hydroxyl groups is 1. The van der Waals surface area contributed by atoms with Gasteiger partial charge < -0.3 is 14.7 Å². The van der Waals surface area contributed by atoms with Crippen LogP contribution in [0.25, 0.3) is 0 Å². The lowest BCUT2D eigenvalue weighted by Gasteiger charge is -2.35. The Labute approximate surface area is 124 Å². The zero-order chi connectivity index (χ0) is 15.1. The average Bonchev–Trinajstić information content (AvgIpc) is 2.40. The van der Waals surface area contributed by atoms with Gasteiger partial charge in [-0.15, -0.1) is 0 Å². The van der Waals surface area contributed by atoms with Crippen molar-refractivity contribution in [1.82, 2.24) is 9.80 Å². The lowest BCUT2D eigenvalue weighted by molar-refractivity contribution is -0.0915. The molecule has 118 valence electrons. The summed E-state index contributed by atoms with van der Waals surface area (Å²) in [6, 6.07) is 0.536. The molecule has 4 heteroatoms. The third-order valence-corrected chi connectivity index (χ3v) is 5.13. The second-order valence-corrected chi connectivity index (χ2v) is 7.82. The first-order valence-electron chi connectivity index (χ1n) is 7.94. The molecule has 2 saturated heterocycles. The van der Waals surface area contributed by atoms with Crippen molar-refractivity contribution < 1.29 is 9.84 Å². The molecule has 0 aliphatic carbocycles. The minimum atomic E-state index is -0.444. The summed E-state index contributed by atoms with van der Waals surface area (Å²) in [7, 11) is 2.20. The number of aliphatic hydroxyl groups excluding tert-OH is 1. The van der Waals surface area contributed by atoms with E-state index in [2.05, 4.69) is 37.6 Å². The van der Waals surface area contributed by atoms with Crippen molar-refractivity contribution >= 4 is 0 Å². The van der Waals surface area contributed by atoms with Crippen LogP contribution in [0.2, 0.25) is 0 Å². The monoisotopic (exact) mass is 284 g/mol. The van der Waals surface area contributed by atoms with Crippen LogP contribution in [0.5, 0.6) is 0 Å². The van der Waals surface area contributed by atoms with Crippen LogP contribution in [0.15, 0.2) is 0 Å². The van der Waals surface area contributed by atoms with Gasteiger partial charge >= 0.3 is 0 Å². The van der Waals surface area contributed by atoms with Crippen molar-refractivity contribution in [2.24, 2.45) is 5.92 Å². The standard InChI is InChI=1S/C16H32N2O2/c1-12-10-17(6)8-7-9-18(12)11-13-14(19)16(4,5)20-15(13,2)3/h12-14,19H,7-11H2,1-6H3. The van der Waals surface area contributed by atoms with E-state index in [0.29, 0.717) is 6.04 Å². The van der Waals surface area contributed by atoms with Crippen molar-refractivity contribution in [2.75, 3.05) is 33.2 Å². The van der Waals surface area contributed by atoms with Crippen LogP contribution in [0, 0.1) is 5.92 Å². The van der Waals surface area contributed by atoms with E-state index in [1.54, 1.807) is 0 Å². The maximum absolute atomic E-state index is 10.6. The van der Waals surface area contributed by atoms with Crippen LogP contribution in [0.3, 0.4) is 0 Å². The maximum atomic E-state index is 10.6. The molecule has 0 radical (unpaired) electrons. The largest absolute Gasteiger partial charge is 0.390 e. The molecule has 3 atom stereocenters. The summed E-state index contributed by atoms with van der Waals surface area (Å²) in [6.07, 6.45) is 0.805. The van der Waals surface area contributed by atoms with Crippen molar-refractivity contribution in [2.45, 2.75) is 64.4 Å². The zero-order valence-corrected chi connectivity index (χ0v) is 14.0. The van der Waals surface area contributed by atoms with Crippen molar-refractivity contribution in [1.29, 1.82) is 0 Å². The minimum absolute atomic E-state index is 0.170. The molecule has 4 nitrogen and oxygen atoms in total. The quantitative estimate of drug-likeness (QED) is 0.835. The van der Waals surface area contributed by atoms with Gasteiger partial charge in [-0.1, -0.05) is 0 Å². The number of hydrogen-bond donors (Lipinski definition) is 1. The Balaban J connectivity index is 2.08. The molecule has 1 N–H and O–H groups in total. The van der Waals surface area contributed by atoms with Gasteiger partial charge in [-0.25, -0.2) is 0 Å². The van der Waals surface area contributed by atoms with Gasteiger partial charge in [0.1, 0.15) is 0 Å². The molecule has 2 aliphatic heterocycles. The number of likely N-dealkylation sites (N-methyl/N-ethyl adjacent to an activating group) is 1. The summed E-state index contributed by atoms with van der Waals surface area (Å²) in [5.41, 5.74) is -0.707. The first kappa shape index (κ1) is 16.2. The Kier molecular flexibility index (Phi) is 4.51. The Hall–Kier alpha value is -0.160.